The molecule has 0 atom stereocenters. The van der Waals surface area contributed by atoms with Crippen LogP contribution >= 0.6 is 22.6 Å². The highest BCUT2D eigenvalue weighted by molar-refractivity contribution is 14.1. The van der Waals surface area contributed by atoms with Gasteiger partial charge in [-0.2, -0.15) is 0 Å². The minimum atomic E-state index is 0.0704. The smallest absolute Gasteiger partial charge is 0.193 e. The van der Waals surface area contributed by atoms with Crippen LogP contribution in [0.2, 0.25) is 0 Å². The number of halogens is 1. The predicted molar refractivity (Wildman–Crippen MR) is 86.5 cm³/mol. The Morgan fingerprint density at radius 3 is 2.21 bits per heavy atom. The van der Waals surface area contributed by atoms with E-state index in [1.54, 1.807) is 0 Å². The third-order valence-corrected chi connectivity index (χ3v) is 3.77. The second kappa shape index (κ2) is 5.13. The van der Waals surface area contributed by atoms with Gasteiger partial charge in [-0.25, -0.2) is 0 Å². The van der Waals surface area contributed by atoms with Crippen molar-refractivity contribution in [2.45, 2.75) is 0 Å². The summed E-state index contributed by atoms with van der Waals surface area (Å²) in [5.74, 6) is 0.0704. The normalized spacial score (nSPS) is 10.6. The summed E-state index contributed by atoms with van der Waals surface area (Å²) >= 11 is 2.29. The molecule has 0 aromatic heterocycles. The zero-order valence-electron chi connectivity index (χ0n) is 10.1. The first-order chi connectivity index (χ1) is 9.24. The highest BCUT2D eigenvalue weighted by Gasteiger charge is 2.08. The molecule has 0 spiro atoms. The van der Waals surface area contributed by atoms with E-state index in [9.17, 15) is 4.79 Å². The highest BCUT2D eigenvalue weighted by Crippen LogP contribution is 2.20. The lowest BCUT2D eigenvalue weighted by molar-refractivity contribution is 0.103. The first-order valence-corrected chi connectivity index (χ1v) is 7.11. The van der Waals surface area contributed by atoms with Crippen LogP contribution in [0, 0.1) is 3.57 Å². The van der Waals surface area contributed by atoms with Crippen molar-refractivity contribution in [1.82, 2.24) is 0 Å². The van der Waals surface area contributed by atoms with Crippen LogP contribution in [0.5, 0.6) is 0 Å². The molecular weight excluding hydrogens is 347 g/mol. The Morgan fingerprint density at radius 2 is 1.42 bits per heavy atom. The van der Waals surface area contributed by atoms with E-state index in [2.05, 4.69) is 40.8 Å². The lowest BCUT2D eigenvalue weighted by Crippen LogP contribution is -2.00. The van der Waals surface area contributed by atoms with Crippen molar-refractivity contribution in [2.24, 2.45) is 0 Å². The van der Waals surface area contributed by atoms with Crippen molar-refractivity contribution in [3.63, 3.8) is 0 Å². The molecule has 0 aliphatic heterocycles. The SMILES string of the molecule is O=C(c1ccccc1)c1ccc2cc(I)ccc2c1. The molecule has 0 saturated carbocycles. The largest absolute Gasteiger partial charge is 0.289 e. The summed E-state index contributed by atoms with van der Waals surface area (Å²) in [6, 6.07) is 21.5. The topological polar surface area (TPSA) is 17.1 Å². The molecule has 1 nitrogen and oxygen atoms in total. The van der Waals surface area contributed by atoms with Gasteiger partial charge in [-0.1, -0.05) is 48.5 Å². The molecular formula is C17H11IO. The van der Waals surface area contributed by atoms with Crippen LogP contribution in [0.3, 0.4) is 0 Å². The molecule has 0 heterocycles. The summed E-state index contributed by atoms with van der Waals surface area (Å²) in [6.07, 6.45) is 0. The molecule has 0 radical (unpaired) electrons. The molecule has 0 aliphatic carbocycles. The number of hydrogen-bond acceptors (Lipinski definition) is 1. The van der Waals surface area contributed by atoms with Gasteiger partial charge in [0.25, 0.3) is 0 Å². The summed E-state index contributed by atoms with van der Waals surface area (Å²) in [5, 5.41) is 2.26. The fraction of sp³-hybridized carbons (Fsp3) is 0. The lowest BCUT2D eigenvalue weighted by atomic mass is 10.0. The Balaban J connectivity index is 2.07. The Morgan fingerprint density at radius 1 is 0.737 bits per heavy atom. The molecule has 0 bridgehead atoms. The van der Waals surface area contributed by atoms with Crippen LogP contribution in [0.1, 0.15) is 15.9 Å². The molecule has 0 aliphatic rings. The van der Waals surface area contributed by atoms with E-state index in [1.807, 2.05) is 48.5 Å². The molecule has 19 heavy (non-hydrogen) atoms. The van der Waals surface area contributed by atoms with Gasteiger partial charge in [0, 0.05) is 14.7 Å². The second-order valence-corrected chi connectivity index (χ2v) is 5.65. The van der Waals surface area contributed by atoms with Gasteiger partial charge in [-0.15, -0.1) is 0 Å². The predicted octanol–water partition coefficient (Wildman–Crippen LogP) is 4.68. The van der Waals surface area contributed by atoms with E-state index in [1.165, 1.54) is 3.57 Å². The van der Waals surface area contributed by atoms with Crippen molar-refractivity contribution in [3.8, 4) is 0 Å². The number of benzene rings is 3. The van der Waals surface area contributed by atoms with Crippen molar-refractivity contribution in [3.05, 3.63) is 81.4 Å². The van der Waals surface area contributed by atoms with Gasteiger partial charge in [-0.05, 0) is 51.6 Å². The van der Waals surface area contributed by atoms with Crippen LogP contribution in [-0.4, -0.2) is 5.78 Å². The quantitative estimate of drug-likeness (QED) is 0.480. The maximum absolute atomic E-state index is 12.4. The molecule has 3 aromatic rings. The van der Waals surface area contributed by atoms with E-state index in [-0.39, 0.29) is 5.78 Å². The zero-order valence-corrected chi connectivity index (χ0v) is 12.3. The zero-order chi connectivity index (χ0) is 13.2. The Labute approximate surface area is 125 Å². The minimum absolute atomic E-state index is 0.0704. The molecule has 0 saturated heterocycles. The minimum Gasteiger partial charge on any atom is -0.289 e. The first-order valence-electron chi connectivity index (χ1n) is 6.03. The van der Waals surface area contributed by atoms with Gasteiger partial charge in [0.2, 0.25) is 0 Å². The summed E-state index contributed by atoms with van der Waals surface area (Å²) < 4.78 is 1.20. The summed E-state index contributed by atoms with van der Waals surface area (Å²) in [6.45, 7) is 0. The molecule has 2 heteroatoms. The highest BCUT2D eigenvalue weighted by atomic mass is 127. The number of carbonyl (C=O) groups is 1. The maximum atomic E-state index is 12.4. The maximum Gasteiger partial charge on any atom is 0.193 e. The summed E-state index contributed by atoms with van der Waals surface area (Å²) in [5.41, 5.74) is 1.47. The molecule has 0 unspecified atom stereocenters. The van der Waals surface area contributed by atoms with Crippen molar-refractivity contribution >= 4 is 39.1 Å². The second-order valence-electron chi connectivity index (χ2n) is 4.40. The van der Waals surface area contributed by atoms with Crippen molar-refractivity contribution in [1.29, 1.82) is 0 Å². The number of fused-ring (bicyclic) bond motifs is 1. The van der Waals surface area contributed by atoms with E-state index in [0.29, 0.717) is 0 Å². The average molecular weight is 358 g/mol. The molecule has 0 N–H and O–H groups in total. The third kappa shape index (κ3) is 2.54. The van der Waals surface area contributed by atoms with Gasteiger partial charge >= 0.3 is 0 Å². The lowest BCUT2D eigenvalue weighted by Gasteiger charge is -2.04. The monoisotopic (exact) mass is 358 g/mol. The average Bonchev–Trinajstić information content (AvgIpc) is 2.47. The molecule has 0 amide bonds. The molecule has 92 valence electrons. The van der Waals surface area contributed by atoms with Crippen LogP contribution in [0.25, 0.3) is 10.8 Å². The number of hydrogen-bond donors (Lipinski definition) is 0. The number of rotatable bonds is 2. The number of carbonyl (C=O) groups excluding carboxylic acids is 1. The van der Waals surface area contributed by atoms with Crippen molar-refractivity contribution < 1.29 is 4.79 Å². The Hall–Kier alpha value is -1.68. The standard InChI is InChI=1S/C17H11IO/c18-16-9-8-13-10-15(7-6-14(13)11-16)17(19)12-4-2-1-3-5-12/h1-11H. The van der Waals surface area contributed by atoms with Crippen LogP contribution in [-0.2, 0) is 0 Å². The molecule has 0 fully saturated rings. The van der Waals surface area contributed by atoms with Crippen LogP contribution in [0.4, 0.5) is 0 Å². The van der Waals surface area contributed by atoms with E-state index in [0.717, 1.165) is 21.9 Å². The van der Waals surface area contributed by atoms with Crippen LogP contribution in [0.15, 0.2) is 66.7 Å². The first kappa shape index (κ1) is 12.4. The van der Waals surface area contributed by atoms with E-state index in [4.69, 9.17) is 0 Å². The van der Waals surface area contributed by atoms with Crippen LogP contribution < -0.4 is 0 Å². The van der Waals surface area contributed by atoms with E-state index < -0.39 is 0 Å². The summed E-state index contributed by atoms with van der Waals surface area (Å²) in [7, 11) is 0. The van der Waals surface area contributed by atoms with Crippen molar-refractivity contribution in [2.75, 3.05) is 0 Å². The van der Waals surface area contributed by atoms with Gasteiger partial charge < -0.3 is 0 Å². The fourth-order valence-corrected chi connectivity index (χ4v) is 2.63. The Kier molecular flexibility index (Phi) is 3.34. The van der Waals surface area contributed by atoms with Gasteiger partial charge in [0.05, 0.1) is 0 Å². The van der Waals surface area contributed by atoms with Gasteiger partial charge in [0.1, 0.15) is 0 Å². The third-order valence-electron chi connectivity index (χ3n) is 3.10. The van der Waals surface area contributed by atoms with Gasteiger partial charge in [0.15, 0.2) is 5.78 Å². The van der Waals surface area contributed by atoms with E-state index >= 15 is 0 Å². The summed E-state index contributed by atoms with van der Waals surface area (Å²) in [4.78, 5) is 12.4. The Bertz CT molecular complexity index is 748. The fourth-order valence-electron chi connectivity index (χ4n) is 2.11. The molecule has 3 rings (SSSR count). The molecule has 3 aromatic carbocycles. The number of ketones is 1. The van der Waals surface area contributed by atoms with Gasteiger partial charge in [-0.3, -0.25) is 4.79 Å².